The second-order valence-corrected chi connectivity index (χ2v) is 8.66. The molecule has 29 heavy (non-hydrogen) atoms. The minimum Gasteiger partial charge on any atom is -0.383 e. The summed E-state index contributed by atoms with van der Waals surface area (Å²) in [5, 5.41) is 6.66. The summed E-state index contributed by atoms with van der Waals surface area (Å²) in [5.74, 6) is -0.346. The lowest BCUT2D eigenvalue weighted by Crippen LogP contribution is -2.64. The minimum atomic E-state index is -1.02. The number of fused-ring (bicyclic) bond motifs is 3. The van der Waals surface area contributed by atoms with Crippen LogP contribution in [0.1, 0.15) is 23.0 Å². The Kier molecular flexibility index (Phi) is 5.38. The van der Waals surface area contributed by atoms with Gasteiger partial charge in [0.05, 0.1) is 13.2 Å². The fraction of sp³-hybridized carbons (Fsp3) is 0.333. The van der Waals surface area contributed by atoms with E-state index < -0.39 is 5.54 Å². The average molecular weight is 432 g/mol. The van der Waals surface area contributed by atoms with E-state index in [-0.39, 0.29) is 11.8 Å². The zero-order valence-corrected chi connectivity index (χ0v) is 17.8. The molecular weight excluding hydrogens is 410 g/mol. The van der Waals surface area contributed by atoms with Gasteiger partial charge in [-0.05, 0) is 42.1 Å². The molecular formula is C21H22ClN3O3S. The number of thiophene rings is 1. The van der Waals surface area contributed by atoms with Gasteiger partial charge in [-0.15, -0.1) is 11.3 Å². The number of methoxy groups -OCH3 is 1. The highest BCUT2D eigenvalue weighted by Crippen LogP contribution is 2.34. The number of nitrogens with zero attached hydrogens (tertiary/aromatic N) is 2. The molecule has 1 aliphatic heterocycles. The summed E-state index contributed by atoms with van der Waals surface area (Å²) in [6.07, 6.45) is 0. The Morgan fingerprint density at radius 3 is 2.79 bits per heavy atom. The van der Waals surface area contributed by atoms with Gasteiger partial charge in [-0.2, -0.15) is 0 Å². The standard InChI is InChI=1S/C21H22ClN3O3S/c1-21(20(27)23-12-14-3-5-16(22)6-4-14)13-24-17(11-15-7-10-29-19(15)24)18(26)25(21)8-9-28-2/h3-7,10-11H,8-9,12-13H2,1-2H3,(H,23,27)/t21-/m0/s1. The molecule has 8 heteroatoms. The monoisotopic (exact) mass is 431 g/mol. The number of halogens is 1. The number of benzene rings is 1. The molecule has 0 aliphatic carbocycles. The normalized spacial score (nSPS) is 18.9. The minimum absolute atomic E-state index is 0.152. The van der Waals surface area contributed by atoms with E-state index in [4.69, 9.17) is 16.3 Å². The molecule has 4 rings (SSSR count). The molecule has 0 unspecified atom stereocenters. The predicted octanol–water partition coefficient (Wildman–Crippen LogP) is 3.53. The van der Waals surface area contributed by atoms with Crippen molar-refractivity contribution in [2.45, 2.75) is 25.6 Å². The molecule has 2 aromatic heterocycles. The first-order chi connectivity index (χ1) is 13.9. The van der Waals surface area contributed by atoms with Gasteiger partial charge in [-0.25, -0.2) is 0 Å². The van der Waals surface area contributed by atoms with Crippen LogP contribution >= 0.6 is 22.9 Å². The average Bonchev–Trinajstić information content (AvgIpc) is 3.29. The third kappa shape index (κ3) is 3.54. The van der Waals surface area contributed by atoms with E-state index in [1.165, 1.54) is 0 Å². The van der Waals surface area contributed by atoms with E-state index in [0.29, 0.717) is 37.0 Å². The number of aromatic nitrogens is 1. The lowest BCUT2D eigenvalue weighted by Gasteiger charge is -2.43. The van der Waals surface area contributed by atoms with Crippen LogP contribution in [-0.4, -0.2) is 47.1 Å². The molecule has 3 heterocycles. The Labute approximate surface area is 178 Å². The zero-order chi connectivity index (χ0) is 20.6. The number of nitrogens with one attached hydrogen (secondary N) is 1. The number of rotatable bonds is 6. The third-order valence-electron chi connectivity index (χ3n) is 5.40. The molecule has 2 amide bonds. The van der Waals surface area contributed by atoms with Gasteiger partial charge in [0.2, 0.25) is 5.91 Å². The number of hydrogen-bond acceptors (Lipinski definition) is 4. The van der Waals surface area contributed by atoms with Crippen LogP contribution in [0.4, 0.5) is 0 Å². The van der Waals surface area contributed by atoms with Crippen LogP contribution in [-0.2, 0) is 22.6 Å². The van der Waals surface area contributed by atoms with Crippen LogP contribution in [0.25, 0.3) is 10.2 Å². The van der Waals surface area contributed by atoms with Crippen molar-refractivity contribution in [2.24, 2.45) is 0 Å². The summed E-state index contributed by atoms with van der Waals surface area (Å²) in [7, 11) is 1.59. The maximum atomic E-state index is 13.3. The van der Waals surface area contributed by atoms with E-state index >= 15 is 0 Å². The van der Waals surface area contributed by atoms with Crippen molar-refractivity contribution in [3.63, 3.8) is 0 Å². The molecule has 1 aromatic carbocycles. The summed E-state index contributed by atoms with van der Waals surface area (Å²) in [5.41, 5.74) is 0.537. The van der Waals surface area contributed by atoms with Gasteiger partial charge in [0.1, 0.15) is 16.1 Å². The predicted molar refractivity (Wildman–Crippen MR) is 114 cm³/mol. The quantitative estimate of drug-likeness (QED) is 0.649. The van der Waals surface area contributed by atoms with Crippen molar-refractivity contribution in [1.29, 1.82) is 0 Å². The van der Waals surface area contributed by atoms with Gasteiger partial charge in [0.15, 0.2) is 0 Å². The second-order valence-electron chi connectivity index (χ2n) is 7.33. The largest absolute Gasteiger partial charge is 0.383 e. The van der Waals surface area contributed by atoms with Crippen LogP contribution in [0.2, 0.25) is 5.02 Å². The summed E-state index contributed by atoms with van der Waals surface area (Å²) < 4.78 is 7.16. The fourth-order valence-electron chi connectivity index (χ4n) is 3.77. The van der Waals surface area contributed by atoms with Crippen molar-refractivity contribution in [1.82, 2.24) is 14.8 Å². The Hall–Kier alpha value is -2.35. The molecule has 0 saturated heterocycles. The maximum Gasteiger partial charge on any atom is 0.271 e. The Balaban J connectivity index is 1.64. The lowest BCUT2D eigenvalue weighted by atomic mass is 9.94. The molecule has 0 fully saturated rings. The van der Waals surface area contributed by atoms with Crippen LogP contribution in [0.15, 0.2) is 41.8 Å². The van der Waals surface area contributed by atoms with Crippen LogP contribution in [0, 0.1) is 0 Å². The number of hydrogen-bond donors (Lipinski definition) is 1. The SMILES string of the molecule is COCCN1C(=O)c2cc3ccsc3n2C[C@@]1(C)C(=O)NCc1ccc(Cl)cc1. The highest BCUT2D eigenvalue weighted by Gasteiger charge is 2.47. The van der Waals surface area contributed by atoms with Crippen LogP contribution in [0.3, 0.4) is 0 Å². The van der Waals surface area contributed by atoms with E-state index in [1.807, 2.05) is 41.1 Å². The van der Waals surface area contributed by atoms with Gasteiger partial charge in [0, 0.05) is 30.6 Å². The molecule has 3 aromatic rings. The highest BCUT2D eigenvalue weighted by molar-refractivity contribution is 7.16. The number of ether oxygens (including phenoxy) is 1. The van der Waals surface area contributed by atoms with Crippen LogP contribution < -0.4 is 5.32 Å². The summed E-state index contributed by atoms with van der Waals surface area (Å²) in [6.45, 7) is 3.29. The van der Waals surface area contributed by atoms with Crippen molar-refractivity contribution in [2.75, 3.05) is 20.3 Å². The maximum absolute atomic E-state index is 13.3. The molecule has 1 atom stereocenters. The molecule has 152 valence electrons. The van der Waals surface area contributed by atoms with Crippen molar-refractivity contribution < 1.29 is 14.3 Å². The molecule has 0 radical (unpaired) electrons. The van der Waals surface area contributed by atoms with Crippen molar-refractivity contribution >= 4 is 45.0 Å². The fourth-order valence-corrected chi connectivity index (χ4v) is 4.79. The van der Waals surface area contributed by atoms with E-state index in [0.717, 1.165) is 15.8 Å². The molecule has 6 nitrogen and oxygen atoms in total. The van der Waals surface area contributed by atoms with Crippen molar-refractivity contribution in [3.8, 4) is 0 Å². The number of amides is 2. The molecule has 0 spiro atoms. The third-order valence-corrected chi connectivity index (χ3v) is 6.61. The van der Waals surface area contributed by atoms with Gasteiger partial charge < -0.3 is 19.5 Å². The van der Waals surface area contributed by atoms with Gasteiger partial charge >= 0.3 is 0 Å². The summed E-state index contributed by atoms with van der Waals surface area (Å²) in [6, 6.07) is 11.2. The van der Waals surface area contributed by atoms with Gasteiger partial charge in [-0.3, -0.25) is 9.59 Å². The second kappa shape index (κ2) is 7.82. The topological polar surface area (TPSA) is 63.6 Å². The highest BCUT2D eigenvalue weighted by atomic mass is 35.5. The number of carbonyl (C=O) groups is 2. The van der Waals surface area contributed by atoms with E-state index in [9.17, 15) is 9.59 Å². The van der Waals surface area contributed by atoms with Gasteiger partial charge in [-0.1, -0.05) is 23.7 Å². The number of carbonyl (C=O) groups excluding carboxylic acids is 2. The van der Waals surface area contributed by atoms with E-state index in [2.05, 4.69) is 5.32 Å². The Morgan fingerprint density at radius 2 is 2.07 bits per heavy atom. The van der Waals surface area contributed by atoms with Crippen molar-refractivity contribution in [3.05, 3.63) is 58.1 Å². The van der Waals surface area contributed by atoms with E-state index in [1.54, 1.807) is 35.5 Å². The van der Waals surface area contributed by atoms with Gasteiger partial charge in [0.25, 0.3) is 5.91 Å². The molecule has 1 aliphatic rings. The Bertz CT molecular complexity index is 1060. The summed E-state index contributed by atoms with van der Waals surface area (Å²) >= 11 is 7.51. The first kappa shape index (κ1) is 19.9. The first-order valence-electron chi connectivity index (χ1n) is 9.34. The zero-order valence-electron chi connectivity index (χ0n) is 16.3. The van der Waals surface area contributed by atoms with Crippen LogP contribution in [0.5, 0.6) is 0 Å². The first-order valence-corrected chi connectivity index (χ1v) is 10.6. The smallest absolute Gasteiger partial charge is 0.271 e. The lowest BCUT2D eigenvalue weighted by molar-refractivity contribution is -0.133. The molecule has 0 bridgehead atoms. The Morgan fingerprint density at radius 1 is 1.31 bits per heavy atom. The molecule has 1 N–H and O–H groups in total. The summed E-state index contributed by atoms with van der Waals surface area (Å²) in [4.78, 5) is 29.2. The molecule has 0 saturated carbocycles.